The van der Waals surface area contributed by atoms with Crippen molar-refractivity contribution in [2.24, 2.45) is 0 Å². The Labute approximate surface area is 177 Å². The van der Waals surface area contributed by atoms with Gasteiger partial charge in [-0.05, 0) is 56.0 Å². The van der Waals surface area contributed by atoms with E-state index in [0.717, 1.165) is 49.6 Å². The number of likely N-dealkylation sites (N-methyl/N-ethyl adjacent to an activating group) is 1. The third-order valence-electron chi connectivity index (χ3n) is 4.90. The fraction of sp³-hybridized carbons (Fsp3) is 0.391. The number of benzene rings is 1. The van der Waals surface area contributed by atoms with Crippen molar-refractivity contribution in [1.82, 2.24) is 18.8 Å². The van der Waals surface area contributed by atoms with Crippen molar-refractivity contribution < 1.29 is 4.74 Å². The van der Waals surface area contributed by atoms with Crippen LogP contribution in [0.15, 0.2) is 60.3 Å². The second kappa shape index (κ2) is 10.6. The Morgan fingerprint density at radius 2 is 2.03 bits per heavy atom. The van der Waals surface area contributed by atoms with Gasteiger partial charge in [-0.1, -0.05) is 25.1 Å². The fourth-order valence-electron chi connectivity index (χ4n) is 3.38. The van der Waals surface area contributed by atoms with Crippen LogP contribution in [0.5, 0.6) is 0 Å². The summed E-state index contributed by atoms with van der Waals surface area (Å²) in [6.07, 6.45) is 6.56. The molecule has 154 valence electrons. The van der Waals surface area contributed by atoms with Gasteiger partial charge in [-0.15, -0.1) is 6.58 Å². The highest BCUT2D eigenvalue weighted by Crippen LogP contribution is 2.27. The number of ether oxygens (including phenoxy) is 1. The quantitative estimate of drug-likeness (QED) is 0.325. The summed E-state index contributed by atoms with van der Waals surface area (Å²) in [7, 11) is 0. The largest absolute Gasteiger partial charge is 0.380 e. The lowest BCUT2D eigenvalue weighted by Crippen LogP contribution is -2.33. The molecule has 1 aromatic carbocycles. The van der Waals surface area contributed by atoms with E-state index in [1.807, 2.05) is 32.2 Å². The average Bonchev–Trinajstić information content (AvgIpc) is 3.06. The predicted molar refractivity (Wildman–Crippen MR) is 121 cm³/mol. The molecular formula is C23H30N4OS. The lowest BCUT2D eigenvalue weighted by molar-refractivity contribution is 0.103. The molecule has 6 heteroatoms. The van der Waals surface area contributed by atoms with E-state index in [-0.39, 0.29) is 0 Å². The molecule has 29 heavy (non-hydrogen) atoms. The first-order chi connectivity index (χ1) is 14.2. The predicted octanol–water partition coefficient (Wildman–Crippen LogP) is 5.10. The molecule has 0 spiro atoms. The molecule has 3 rings (SSSR count). The van der Waals surface area contributed by atoms with Crippen molar-refractivity contribution in [1.29, 1.82) is 0 Å². The summed E-state index contributed by atoms with van der Waals surface area (Å²) in [5, 5.41) is 0. The van der Waals surface area contributed by atoms with Gasteiger partial charge in [-0.2, -0.15) is 0 Å². The van der Waals surface area contributed by atoms with Crippen molar-refractivity contribution in [3.63, 3.8) is 0 Å². The van der Waals surface area contributed by atoms with Crippen LogP contribution in [0.2, 0.25) is 0 Å². The van der Waals surface area contributed by atoms with Gasteiger partial charge >= 0.3 is 0 Å². The van der Waals surface area contributed by atoms with Gasteiger partial charge in [0.2, 0.25) is 0 Å². The van der Waals surface area contributed by atoms with Gasteiger partial charge in [-0.25, -0.2) is 9.29 Å². The minimum absolute atomic E-state index is 0.328. The number of imidazole rings is 1. The van der Waals surface area contributed by atoms with E-state index in [0.29, 0.717) is 6.04 Å². The molecule has 0 bridgehead atoms. The summed E-state index contributed by atoms with van der Waals surface area (Å²) in [6.45, 7) is 13.4. The molecule has 0 aliphatic carbocycles. The summed E-state index contributed by atoms with van der Waals surface area (Å²) in [6, 6.07) is 11.1. The van der Waals surface area contributed by atoms with Crippen LogP contribution in [0.4, 0.5) is 0 Å². The Morgan fingerprint density at radius 3 is 2.72 bits per heavy atom. The summed E-state index contributed by atoms with van der Waals surface area (Å²) in [4.78, 5) is 10.1. The smallest absolute Gasteiger partial charge is 0.107 e. The first kappa shape index (κ1) is 21.6. The highest BCUT2D eigenvalue weighted by atomic mass is 32.2. The van der Waals surface area contributed by atoms with Crippen LogP contribution in [-0.4, -0.2) is 44.6 Å². The van der Waals surface area contributed by atoms with Crippen molar-refractivity contribution in [2.75, 3.05) is 19.8 Å². The van der Waals surface area contributed by atoms with E-state index in [1.54, 1.807) is 18.1 Å². The van der Waals surface area contributed by atoms with Crippen molar-refractivity contribution in [3.05, 3.63) is 66.8 Å². The number of hydrogen-bond donors (Lipinski definition) is 0. The van der Waals surface area contributed by atoms with Gasteiger partial charge in [0.15, 0.2) is 0 Å². The highest BCUT2D eigenvalue weighted by Gasteiger charge is 2.17. The molecule has 5 nitrogen and oxygen atoms in total. The summed E-state index contributed by atoms with van der Waals surface area (Å²) in [5.74, 6) is 1.01. The Kier molecular flexibility index (Phi) is 7.86. The first-order valence-electron chi connectivity index (χ1n) is 10.1. The number of aromatic nitrogens is 3. The molecule has 0 aliphatic rings. The summed E-state index contributed by atoms with van der Waals surface area (Å²) >= 11 is 1.79. The van der Waals surface area contributed by atoms with E-state index in [2.05, 4.69) is 56.6 Å². The molecule has 0 radical (unpaired) electrons. The van der Waals surface area contributed by atoms with E-state index in [9.17, 15) is 0 Å². The van der Waals surface area contributed by atoms with Crippen molar-refractivity contribution in [3.8, 4) is 0 Å². The number of rotatable bonds is 11. The third kappa shape index (κ3) is 5.47. The van der Waals surface area contributed by atoms with Crippen LogP contribution >= 0.6 is 11.9 Å². The molecule has 0 saturated carbocycles. The average molecular weight is 411 g/mol. The Morgan fingerprint density at radius 1 is 1.24 bits per heavy atom. The first-order valence-corrected chi connectivity index (χ1v) is 10.9. The van der Waals surface area contributed by atoms with Gasteiger partial charge in [0.1, 0.15) is 5.82 Å². The number of pyridine rings is 1. The standard InChI is InChI=1S/C23H30N4OS/c1-5-8-20(17-28-7-3)27(6-2)29-21-11-9-19(10-12-21)16-26-18(4)25-22-13-14-24-15-23(22)26/h5,9-15,20H,1,6-8,16-17H2,2-4H3. The molecule has 2 heterocycles. The van der Waals surface area contributed by atoms with Gasteiger partial charge < -0.3 is 9.30 Å². The molecule has 0 fully saturated rings. The van der Waals surface area contributed by atoms with E-state index >= 15 is 0 Å². The Hall–Kier alpha value is -2.15. The highest BCUT2D eigenvalue weighted by molar-refractivity contribution is 7.97. The fourth-order valence-corrected chi connectivity index (χ4v) is 4.33. The number of nitrogens with zero attached hydrogens (tertiary/aromatic N) is 4. The topological polar surface area (TPSA) is 43.2 Å². The Bertz CT molecular complexity index is 922. The zero-order valence-electron chi connectivity index (χ0n) is 17.5. The SMILES string of the molecule is C=CCC(COCC)N(CC)Sc1ccc(Cn2c(C)nc3ccncc32)cc1. The maximum absolute atomic E-state index is 5.68. The van der Waals surface area contributed by atoms with E-state index in [4.69, 9.17) is 4.74 Å². The molecule has 0 saturated heterocycles. The van der Waals surface area contributed by atoms with Crippen LogP contribution in [-0.2, 0) is 11.3 Å². The second-order valence-corrected chi connectivity index (χ2v) is 8.04. The minimum Gasteiger partial charge on any atom is -0.380 e. The molecular weight excluding hydrogens is 380 g/mol. The van der Waals surface area contributed by atoms with Crippen molar-refractivity contribution in [2.45, 2.75) is 44.7 Å². The van der Waals surface area contributed by atoms with Crippen LogP contribution in [0.1, 0.15) is 31.7 Å². The van der Waals surface area contributed by atoms with Gasteiger partial charge in [0, 0.05) is 36.8 Å². The summed E-state index contributed by atoms with van der Waals surface area (Å²) in [5.41, 5.74) is 3.32. The third-order valence-corrected chi connectivity index (χ3v) is 6.17. The minimum atomic E-state index is 0.328. The van der Waals surface area contributed by atoms with Crippen LogP contribution in [0, 0.1) is 6.92 Å². The monoisotopic (exact) mass is 410 g/mol. The van der Waals surface area contributed by atoms with E-state index < -0.39 is 0 Å². The molecule has 0 amide bonds. The number of fused-ring (bicyclic) bond motifs is 1. The maximum atomic E-state index is 5.68. The lowest BCUT2D eigenvalue weighted by Gasteiger charge is -2.28. The van der Waals surface area contributed by atoms with Crippen LogP contribution in [0.3, 0.4) is 0 Å². The molecule has 1 atom stereocenters. The zero-order chi connectivity index (χ0) is 20.6. The van der Waals surface area contributed by atoms with Crippen molar-refractivity contribution >= 4 is 23.0 Å². The second-order valence-electron chi connectivity index (χ2n) is 6.92. The van der Waals surface area contributed by atoms with Gasteiger partial charge in [0.25, 0.3) is 0 Å². The molecule has 0 N–H and O–H groups in total. The Balaban J connectivity index is 1.70. The van der Waals surface area contributed by atoms with Crippen LogP contribution < -0.4 is 0 Å². The normalized spacial score (nSPS) is 12.6. The van der Waals surface area contributed by atoms with E-state index in [1.165, 1.54) is 10.5 Å². The number of hydrogen-bond acceptors (Lipinski definition) is 5. The molecule has 2 aromatic heterocycles. The maximum Gasteiger partial charge on any atom is 0.107 e. The van der Waals surface area contributed by atoms with Gasteiger partial charge in [-0.3, -0.25) is 4.98 Å². The van der Waals surface area contributed by atoms with Gasteiger partial charge in [0.05, 0.1) is 23.8 Å². The zero-order valence-corrected chi connectivity index (χ0v) is 18.4. The molecule has 3 aromatic rings. The molecule has 1 unspecified atom stereocenters. The number of aryl methyl sites for hydroxylation is 1. The summed E-state index contributed by atoms with van der Waals surface area (Å²) < 4.78 is 10.3. The molecule has 0 aliphatic heterocycles. The van der Waals surface area contributed by atoms with Crippen LogP contribution in [0.25, 0.3) is 11.0 Å². The lowest BCUT2D eigenvalue weighted by atomic mass is 10.2.